The van der Waals surface area contributed by atoms with Crippen LogP contribution in [0.5, 0.6) is 0 Å². The van der Waals surface area contributed by atoms with Gasteiger partial charge in [0.05, 0.1) is 6.20 Å². The Balaban J connectivity index is 1.93. The van der Waals surface area contributed by atoms with E-state index in [1.165, 1.54) is 19.3 Å². The minimum Gasteiger partial charge on any atom is -0.361 e. The summed E-state index contributed by atoms with van der Waals surface area (Å²) >= 11 is 0. The summed E-state index contributed by atoms with van der Waals surface area (Å²) in [7, 11) is 0. The SMILES string of the molecule is c1cc(C2CCNC23CC3)on1. The zero-order valence-corrected chi connectivity index (χ0v) is 6.92. The highest BCUT2D eigenvalue weighted by Crippen LogP contribution is 2.51. The third-order valence-electron chi connectivity index (χ3n) is 3.17. The van der Waals surface area contributed by atoms with Gasteiger partial charge in [-0.3, -0.25) is 0 Å². The zero-order valence-electron chi connectivity index (χ0n) is 6.92. The van der Waals surface area contributed by atoms with Crippen molar-refractivity contribution in [2.24, 2.45) is 0 Å². The molecule has 64 valence electrons. The lowest BCUT2D eigenvalue weighted by molar-refractivity contribution is 0.342. The minimum atomic E-state index is 0.402. The van der Waals surface area contributed by atoms with Crippen LogP contribution in [-0.4, -0.2) is 17.2 Å². The molecule has 1 aliphatic carbocycles. The number of hydrogen-bond donors (Lipinski definition) is 1. The van der Waals surface area contributed by atoms with Crippen LogP contribution in [0.25, 0.3) is 0 Å². The maximum Gasteiger partial charge on any atom is 0.141 e. The average Bonchev–Trinajstić information content (AvgIpc) is 2.51. The van der Waals surface area contributed by atoms with Crippen molar-refractivity contribution in [2.45, 2.75) is 30.7 Å². The monoisotopic (exact) mass is 164 g/mol. The lowest BCUT2D eigenvalue weighted by Crippen LogP contribution is -2.27. The Morgan fingerprint density at radius 3 is 3.17 bits per heavy atom. The Hall–Kier alpha value is -0.830. The standard InChI is InChI=1S/C9H12N2O/c1-5-10-9(3-4-9)7(1)8-2-6-11-12-8/h2,6-7,10H,1,3-5H2. The topological polar surface area (TPSA) is 38.1 Å². The normalized spacial score (nSPS) is 31.2. The molecule has 1 aromatic heterocycles. The van der Waals surface area contributed by atoms with Gasteiger partial charge in [-0.15, -0.1) is 0 Å². The predicted molar refractivity (Wildman–Crippen MR) is 43.8 cm³/mol. The minimum absolute atomic E-state index is 0.402. The molecule has 1 saturated heterocycles. The Bertz CT molecular complexity index is 277. The van der Waals surface area contributed by atoms with E-state index in [9.17, 15) is 0 Å². The van der Waals surface area contributed by atoms with Crippen molar-refractivity contribution < 1.29 is 4.52 Å². The molecule has 0 aromatic carbocycles. The van der Waals surface area contributed by atoms with Gasteiger partial charge in [-0.2, -0.15) is 0 Å². The van der Waals surface area contributed by atoms with Gasteiger partial charge in [0.2, 0.25) is 0 Å². The van der Waals surface area contributed by atoms with Gasteiger partial charge >= 0.3 is 0 Å². The van der Waals surface area contributed by atoms with Crippen molar-refractivity contribution in [3.8, 4) is 0 Å². The van der Waals surface area contributed by atoms with E-state index in [-0.39, 0.29) is 0 Å². The van der Waals surface area contributed by atoms with E-state index in [1.807, 2.05) is 6.07 Å². The zero-order chi connectivity index (χ0) is 8.02. The van der Waals surface area contributed by atoms with Crippen molar-refractivity contribution in [3.05, 3.63) is 18.0 Å². The van der Waals surface area contributed by atoms with Gasteiger partial charge in [0.15, 0.2) is 0 Å². The Morgan fingerprint density at radius 2 is 2.50 bits per heavy atom. The molecule has 1 aliphatic heterocycles. The van der Waals surface area contributed by atoms with Gasteiger partial charge in [0.25, 0.3) is 0 Å². The molecule has 1 atom stereocenters. The number of nitrogens with one attached hydrogen (secondary N) is 1. The summed E-state index contributed by atoms with van der Waals surface area (Å²) in [6.07, 6.45) is 5.55. The van der Waals surface area contributed by atoms with Crippen molar-refractivity contribution in [1.82, 2.24) is 10.5 Å². The average molecular weight is 164 g/mol. The summed E-state index contributed by atoms with van der Waals surface area (Å²) in [5.41, 5.74) is 0.402. The first kappa shape index (κ1) is 6.66. The van der Waals surface area contributed by atoms with Crippen LogP contribution in [-0.2, 0) is 0 Å². The van der Waals surface area contributed by atoms with E-state index < -0.39 is 0 Å². The highest BCUT2D eigenvalue weighted by atomic mass is 16.5. The predicted octanol–water partition coefficient (Wildman–Crippen LogP) is 1.28. The molecule has 1 N–H and O–H groups in total. The summed E-state index contributed by atoms with van der Waals surface area (Å²) in [6, 6.07) is 2.00. The molecule has 1 saturated carbocycles. The fraction of sp³-hybridized carbons (Fsp3) is 0.667. The smallest absolute Gasteiger partial charge is 0.141 e. The van der Waals surface area contributed by atoms with Crippen LogP contribution in [0.3, 0.4) is 0 Å². The van der Waals surface area contributed by atoms with Crippen LogP contribution < -0.4 is 5.32 Å². The van der Waals surface area contributed by atoms with E-state index in [2.05, 4.69) is 10.5 Å². The maximum atomic E-state index is 5.20. The first-order chi connectivity index (χ1) is 5.91. The highest BCUT2D eigenvalue weighted by molar-refractivity contribution is 5.22. The van der Waals surface area contributed by atoms with Gasteiger partial charge < -0.3 is 9.84 Å². The van der Waals surface area contributed by atoms with Gasteiger partial charge in [-0.05, 0) is 25.8 Å². The van der Waals surface area contributed by atoms with Crippen molar-refractivity contribution in [3.63, 3.8) is 0 Å². The lowest BCUT2D eigenvalue weighted by atomic mass is 9.96. The molecule has 1 aromatic rings. The third-order valence-corrected chi connectivity index (χ3v) is 3.17. The highest BCUT2D eigenvalue weighted by Gasteiger charge is 2.53. The van der Waals surface area contributed by atoms with Crippen LogP contribution in [0.15, 0.2) is 16.8 Å². The first-order valence-electron chi connectivity index (χ1n) is 4.56. The summed E-state index contributed by atoms with van der Waals surface area (Å²) in [5, 5.41) is 7.31. The molecule has 2 aliphatic rings. The Morgan fingerprint density at radius 1 is 1.58 bits per heavy atom. The third kappa shape index (κ3) is 0.771. The molecule has 12 heavy (non-hydrogen) atoms. The van der Waals surface area contributed by atoms with Crippen molar-refractivity contribution >= 4 is 0 Å². The van der Waals surface area contributed by atoms with Crippen LogP contribution in [0, 0.1) is 0 Å². The van der Waals surface area contributed by atoms with E-state index in [0.717, 1.165) is 12.3 Å². The second-order valence-electron chi connectivity index (χ2n) is 3.84. The Kier molecular flexibility index (Phi) is 1.17. The molecule has 0 radical (unpaired) electrons. The van der Waals surface area contributed by atoms with Crippen molar-refractivity contribution in [2.75, 3.05) is 6.54 Å². The second kappa shape index (κ2) is 2.10. The number of hydrogen-bond acceptors (Lipinski definition) is 3. The van der Waals surface area contributed by atoms with Crippen LogP contribution in [0.4, 0.5) is 0 Å². The number of aromatic nitrogens is 1. The molecule has 3 rings (SSSR count). The second-order valence-corrected chi connectivity index (χ2v) is 3.84. The molecule has 2 fully saturated rings. The molecule has 1 spiro atoms. The number of rotatable bonds is 1. The summed E-state index contributed by atoms with van der Waals surface area (Å²) < 4.78 is 5.20. The largest absolute Gasteiger partial charge is 0.361 e. The van der Waals surface area contributed by atoms with E-state index in [0.29, 0.717) is 11.5 Å². The first-order valence-corrected chi connectivity index (χ1v) is 4.56. The van der Waals surface area contributed by atoms with Crippen LogP contribution in [0.2, 0.25) is 0 Å². The van der Waals surface area contributed by atoms with Gasteiger partial charge in [-0.1, -0.05) is 5.16 Å². The van der Waals surface area contributed by atoms with Gasteiger partial charge in [-0.25, -0.2) is 0 Å². The molecule has 0 amide bonds. The van der Waals surface area contributed by atoms with Crippen molar-refractivity contribution in [1.29, 1.82) is 0 Å². The van der Waals surface area contributed by atoms with Crippen LogP contribution in [0.1, 0.15) is 30.9 Å². The Labute approximate surface area is 71.1 Å². The summed E-state index contributed by atoms with van der Waals surface area (Å²) in [4.78, 5) is 0. The summed E-state index contributed by atoms with van der Waals surface area (Å²) in [6.45, 7) is 1.13. The summed E-state index contributed by atoms with van der Waals surface area (Å²) in [5.74, 6) is 1.65. The molecule has 2 heterocycles. The van der Waals surface area contributed by atoms with E-state index >= 15 is 0 Å². The fourth-order valence-electron chi connectivity index (χ4n) is 2.34. The molecule has 3 nitrogen and oxygen atoms in total. The van der Waals surface area contributed by atoms with Gasteiger partial charge in [0.1, 0.15) is 5.76 Å². The molecular weight excluding hydrogens is 152 g/mol. The molecule has 3 heteroatoms. The molecule has 0 bridgehead atoms. The fourth-order valence-corrected chi connectivity index (χ4v) is 2.34. The maximum absolute atomic E-state index is 5.20. The van der Waals surface area contributed by atoms with Crippen LogP contribution >= 0.6 is 0 Å². The lowest BCUT2D eigenvalue weighted by Gasteiger charge is -2.14. The van der Waals surface area contributed by atoms with Gasteiger partial charge in [0, 0.05) is 17.5 Å². The van der Waals surface area contributed by atoms with E-state index in [4.69, 9.17) is 4.52 Å². The molecular formula is C9H12N2O. The molecule has 1 unspecified atom stereocenters. The number of nitrogens with zero attached hydrogens (tertiary/aromatic N) is 1. The quantitative estimate of drug-likeness (QED) is 0.679. The van der Waals surface area contributed by atoms with E-state index in [1.54, 1.807) is 6.20 Å².